The van der Waals surface area contributed by atoms with Crippen LogP contribution in [0.25, 0.3) is 5.65 Å². The maximum absolute atomic E-state index is 4.74. The van der Waals surface area contributed by atoms with E-state index in [1.807, 2.05) is 24.3 Å². The van der Waals surface area contributed by atoms with Crippen LogP contribution in [0.15, 0.2) is 54.7 Å². The first kappa shape index (κ1) is 13.2. The van der Waals surface area contributed by atoms with Gasteiger partial charge >= 0.3 is 0 Å². The summed E-state index contributed by atoms with van der Waals surface area (Å²) in [6, 6.07) is 16.5. The molecular weight excluding hydrogens is 314 g/mol. The van der Waals surface area contributed by atoms with Crippen molar-refractivity contribution in [2.75, 3.05) is 11.9 Å². The van der Waals surface area contributed by atoms with Crippen LogP contribution in [0.2, 0.25) is 0 Å². The molecule has 1 aromatic carbocycles. The molecule has 0 amide bonds. The monoisotopic (exact) mass is 329 g/mol. The van der Waals surface area contributed by atoms with E-state index >= 15 is 0 Å². The van der Waals surface area contributed by atoms with Crippen molar-refractivity contribution in [1.29, 1.82) is 0 Å². The average Bonchev–Trinajstić information content (AvgIpc) is 2.87. The third kappa shape index (κ3) is 2.43. The first-order valence-corrected chi connectivity index (χ1v) is 7.68. The average molecular weight is 330 g/mol. The van der Waals surface area contributed by atoms with E-state index in [4.69, 9.17) is 4.98 Å². The normalized spacial score (nSPS) is 10.9. The lowest BCUT2D eigenvalue weighted by molar-refractivity contribution is 0.895. The molecule has 3 aromatic rings. The van der Waals surface area contributed by atoms with Gasteiger partial charge in [0.15, 0.2) is 5.82 Å². The number of anilines is 1. The molecule has 0 N–H and O–H groups in total. The molecule has 0 spiro atoms. The largest absolute Gasteiger partial charge is 0.354 e. The summed E-state index contributed by atoms with van der Waals surface area (Å²) in [5.74, 6) is 1.02. The molecule has 0 unspecified atom stereocenters. The fourth-order valence-electron chi connectivity index (χ4n) is 2.40. The summed E-state index contributed by atoms with van der Waals surface area (Å²) in [6.45, 7) is 0.852. The van der Waals surface area contributed by atoms with Crippen LogP contribution in [-0.2, 0) is 11.9 Å². The zero-order chi connectivity index (χ0) is 13.9. The van der Waals surface area contributed by atoms with E-state index in [0.29, 0.717) is 0 Å². The van der Waals surface area contributed by atoms with E-state index in [9.17, 15) is 0 Å². The van der Waals surface area contributed by atoms with Crippen molar-refractivity contribution < 1.29 is 0 Å². The highest BCUT2D eigenvalue weighted by molar-refractivity contribution is 9.08. The summed E-state index contributed by atoms with van der Waals surface area (Å²) >= 11 is 3.57. The Balaban J connectivity index is 1.97. The van der Waals surface area contributed by atoms with Gasteiger partial charge in [-0.2, -0.15) is 0 Å². The van der Waals surface area contributed by atoms with Crippen molar-refractivity contribution in [3.8, 4) is 0 Å². The van der Waals surface area contributed by atoms with Gasteiger partial charge in [0.1, 0.15) is 5.65 Å². The predicted octanol–water partition coefficient (Wildman–Crippen LogP) is 3.87. The number of fused-ring (bicyclic) bond motifs is 1. The molecular formula is C16H16BrN3. The Hall–Kier alpha value is -1.81. The molecule has 20 heavy (non-hydrogen) atoms. The molecule has 0 aliphatic heterocycles. The second-order valence-electron chi connectivity index (χ2n) is 4.79. The van der Waals surface area contributed by atoms with Gasteiger partial charge in [0.25, 0.3) is 0 Å². The molecule has 102 valence electrons. The molecule has 0 bridgehead atoms. The number of benzene rings is 1. The number of imidazole rings is 1. The minimum Gasteiger partial charge on any atom is -0.354 e. The fraction of sp³-hybridized carbons (Fsp3) is 0.188. The van der Waals surface area contributed by atoms with Gasteiger partial charge in [-0.3, -0.25) is 0 Å². The molecule has 4 heteroatoms. The Morgan fingerprint density at radius 1 is 1.10 bits per heavy atom. The van der Waals surface area contributed by atoms with E-state index in [-0.39, 0.29) is 0 Å². The SMILES string of the molecule is CN(Cc1ccccc1)c1nc2ccccn2c1CBr. The summed E-state index contributed by atoms with van der Waals surface area (Å²) < 4.78 is 2.13. The highest BCUT2D eigenvalue weighted by atomic mass is 79.9. The van der Waals surface area contributed by atoms with Gasteiger partial charge in [-0.1, -0.05) is 52.3 Å². The molecule has 0 aliphatic carbocycles. The Labute approximate surface area is 127 Å². The molecule has 0 atom stereocenters. The number of rotatable bonds is 4. The minimum atomic E-state index is 0.784. The summed E-state index contributed by atoms with van der Waals surface area (Å²) in [5.41, 5.74) is 3.45. The van der Waals surface area contributed by atoms with Gasteiger partial charge < -0.3 is 9.30 Å². The number of nitrogens with zero attached hydrogens (tertiary/aromatic N) is 3. The van der Waals surface area contributed by atoms with E-state index in [1.54, 1.807) is 0 Å². The van der Waals surface area contributed by atoms with Crippen LogP contribution in [0, 0.1) is 0 Å². The van der Waals surface area contributed by atoms with Gasteiger partial charge in [0.05, 0.1) is 5.69 Å². The van der Waals surface area contributed by atoms with E-state index in [0.717, 1.165) is 23.3 Å². The maximum Gasteiger partial charge on any atom is 0.152 e. The minimum absolute atomic E-state index is 0.784. The lowest BCUT2D eigenvalue weighted by atomic mass is 10.2. The number of alkyl halides is 1. The quantitative estimate of drug-likeness (QED) is 0.677. The molecule has 3 nitrogen and oxygen atoms in total. The van der Waals surface area contributed by atoms with Crippen LogP contribution < -0.4 is 4.90 Å². The lowest BCUT2D eigenvalue weighted by Gasteiger charge is -2.18. The molecule has 0 radical (unpaired) electrons. The number of halogens is 1. The van der Waals surface area contributed by atoms with E-state index in [2.05, 4.69) is 62.7 Å². The smallest absolute Gasteiger partial charge is 0.152 e. The van der Waals surface area contributed by atoms with Gasteiger partial charge in [-0.05, 0) is 17.7 Å². The molecule has 3 rings (SSSR count). The molecule has 0 aliphatic rings. The second kappa shape index (κ2) is 5.67. The molecule has 0 saturated carbocycles. The number of hydrogen-bond donors (Lipinski definition) is 0. The van der Waals surface area contributed by atoms with Gasteiger partial charge in [0, 0.05) is 25.1 Å². The first-order chi connectivity index (χ1) is 9.79. The van der Waals surface area contributed by atoms with Crippen molar-refractivity contribution in [3.63, 3.8) is 0 Å². The van der Waals surface area contributed by atoms with Gasteiger partial charge in [-0.15, -0.1) is 0 Å². The second-order valence-corrected chi connectivity index (χ2v) is 5.35. The Morgan fingerprint density at radius 3 is 2.60 bits per heavy atom. The van der Waals surface area contributed by atoms with Crippen LogP contribution in [0.3, 0.4) is 0 Å². The first-order valence-electron chi connectivity index (χ1n) is 6.56. The zero-order valence-corrected chi connectivity index (χ0v) is 12.9. The summed E-state index contributed by atoms with van der Waals surface area (Å²) in [4.78, 5) is 6.93. The van der Waals surface area contributed by atoms with Gasteiger partial charge in [-0.25, -0.2) is 4.98 Å². The van der Waals surface area contributed by atoms with Crippen molar-refractivity contribution in [2.24, 2.45) is 0 Å². The van der Waals surface area contributed by atoms with Crippen molar-refractivity contribution in [1.82, 2.24) is 9.38 Å². The molecule has 2 aromatic heterocycles. The van der Waals surface area contributed by atoms with Crippen LogP contribution in [0.4, 0.5) is 5.82 Å². The third-order valence-electron chi connectivity index (χ3n) is 3.36. The Kier molecular flexibility index (Phi) is 3.74. The van der Waals surface area contributed by atoms with Crippen LogP contribution in [-0.4, -0.2) is 16.4 Å². The molecule has 0 saturated heterocycles. The zero-order valence-electron chi connectivity index (χ0n) is 11.3. The fourth-order valence-corrected chi connectivity index (χ4v) is 2.92. The number of aromatic nitrogens is 2. The van der Waals surface area contributed by atoms with Crippen molar-refractivity contribution in [3.05, 3.63) is 66.0 Å². The summed E-state index contributed by atoms with van der Waals surface area (Å²) in [7, 11) is 2.08. The predicted molar refractivity (Wildman–Crippen MR) is 86.4 cm³/mol. The summed E-state index contributed by atoms with van der Waals surface area (Å²) in [5, 5.41) is 0.784. The van der Waals surface area contributed by atoms with Crippen molar-refractivity contribution in [2.45, 2.75) is 11.9 Å². The van der Waals surface area contributed by atoms with E-state index < -0.39 is 0 Å². The standard InChI is InChI=1S/C16H16BrN3/c1-19(12-13-7-3-2-4-8-13)16-14(11-17)20-10-6-5-9-15(20)18-16/h2-10H,11-12H2,1H3. The van der Waals surface area contributed by atoms with Crippen LogP contribution in [0.5, 0.6) is 0 Å². The van der Waals surface area contributed by atoms with Gasteiger partial charge in [0.2, 0.25) is 0 Å². The maximum atomic E-state index is 4.74. The highest BCUT2D eigenvalue weighted by Gasteiger charge is 2.14. The summed E-state index contributed by atoms with van der Waals surface area (Å²) in [6.07, 6.45) is 2.05. The van der Waals surface area contributed by atoms with Crippen LogP contribution in [0.1, 0.15) is 11.3 Å². The molecule has 2 heterocycles. The van der Waals surface area contributed by atoms with Crippen molar-refractivity contribution >= 4 is 27.4 Å². The highest BCUT2D eigenvalue weighted by Crippen LogP contribution is 2.24. The topological polar surface area (TPSA) is 20.5 Å². The number of pyridine rings is 1. The van der Waals surface area contributed by atoms with Crippen LogP contribution >= 0.6 is 15.9 Å². The third-order valence-corrected chi connectivity index (χ3v) is 3.89. The number of hydrogen-bond acceptors (Lipinski definition) is 2. The Morgan fingerprint density at radius 2 is 1.85 bits per heavy atom. The lowest BCUT2D eigenvalue weighted by Crippen LogP contribution is -2.18. The Bertz CT molecular complexity index is 706. The molecule has 0 fully saturated rings. The van der Waals surface area contributed by atoms with E-state index in [1.165, 1.54) is 11.3 Å².